The van der Waals surface area contributed by atoms with E-state index in [0.29, 0.717) is 5.60 Å². The molecule has 0 radical (unpaired) electrons. The van der Waals surface area contributed by atoms with Crippen LogP contribution in [0.4, 0.5) is 0 Å². The van der Waals surface area contributed by atoms with Crippen molar-refractivity contribution in [2.45, 2.75) is 45.1 Å². The minimum atomic E-state index is 0.299. The van der Waals surface area contributed by atoms with Crippen LogP contribution in [-0.2, 0) is 4.74 Å². The fourth-order valence-electron chi connectivity index (χ4n) is 2.81. The fourth-order valence-corrected chi connectivity index (χ4v) is 2.81. The molecule has 0 saturated carbocycles. The molecule has 0 atom stereocenters. The molecule has 0 aliphatic carbocycles. The summed E-state index contributed by atoms with van der Waals surface area (Å²) in [7, 11) is 0. The van der Waals surface area contributed by atoms with Crippen LogP contribution in [0.5, 0.6) is 0 Å². The molecule has 0 aromatic carbocycles. The Morgan fingerprint density at radius 1 is 1.21 bits per heavy atom. The molecule has 2 nitrogen and oxygen atoms in total. The molecule has 82 valence electrons. The third-order valence-corrected chi connectivity index (χ3v) is 3.58. The predicted molar refractivity (Wildman–Crippen MR) is 58.4 cm³/mol. The van der Waals surface area contributed by atoms with E-state index in [1.165, 1.54) is 45.3 Å². The van der Waals surface area contributed by atoms with Crippen LogP contribution in [0.3, 0.4) is 0 Å². The van der Waals surface area contributed by atoms with Gasteiger partial charge in [-0.15, -0.1) is 0 Å². The Balaban J connectivity index is 1.79. The van der Waals surface area contributed by atoms with E-state index in [1.54, 1.807) is 0 Å². The van der Waals surface area contributed by atoms with E-state index in [2.05, 4.69) is 18.7 Å². The van der Waals surface area contributed by atoms with Gasteiger partial charge in [-0.25, -0.2) is 0 Å². The Hall–Kier alpha value is -0.0800. The average Bonchev–Trinajstić information content (AvgIpc) is 2.58. The molecule has 1 spiro atoms. The molecule has 14 heavy (non-hydrogen) atoms. The van der Waals surface area contributed by atoms with Gasteiger partial charge in [0.15, 0.2) is 0 Å². The van der Waals surface area contributed by atoms with Gasteiger partial charge >= 0.3 is 0 Å². The van der Waals surface area contributed by atoms with Crippen LogP contribution in [0.15, 0.2) is 0 Å². The number of rotatable bonds is 2. The van der Waals surface area contributed by atoms with Crippen molar-refractivity contribution in [3.05, 3.63) is 0 Å². The Morgan fingerprint density at radius 3 is 2.43 bits per heavy atom. The van der Waals surface area contributed by atoms with Gasteiger partial charge in [0.1, 0.15) is 0 Å². The second-order valence-electron chi connectivity index (χ2n) is 5.33. The molecular weight excluding hydrogens is 174 g/mol. The van der Waals surface area contributed by atoms with Crippen molar-refractivity contribution in [1.82, 2.24) is 4.90 Å². The van der Waals surface area contributed by atoms with E-state index in [-0.39, 0.29) is 0 Å². The Bertz CT molecular complexity index is 175. The first kappa shape index (κ1) is 10.4. The first-order chi connectivity index (χ1) is 6.70. The summed E-state index contributed by atoms with van der Waals surface area (Å²) >= 11 is 0. The smallest absolute Gasteiger partial charge is 0.0707 e. The van der Waals surface area contributed by atoms with Crippen molar-refractivity contribution >= 4 is 0 Å². The third-order valence-electron chi connectivity index (χ3n) is 3.58. The zero-order chi connectivity index (χ0) is 10.0. The molecule has 2 fully saturated rings. The van der Waals surface area contributed by atoms with Gasteiger partial charge in [0.2, 0.25) is 0 Å². The van der Waals surface area contributed by atoms with Crippen LogP contribution in [0.2, 0.25) is 0 Å². The molecule has 2 saturated heterocycles. The zero-order valence-electron chi connectivity index (χ0n) is 9.59. The first-order valence-electron chi connectivity index (χ1n) is 6.07. The highest BCUT2D eigenvalue weighted by Gasteiger charge is 2.38. The lowest BCUT2D eigenvalue weighted by atomic mass is 9.88. The predicted octanol–water partition coefficient (Wildman–Crippen LogP) is 2.29. The number of hydrogen-bond donors (Lipinski definition) is 0. The van der Waals surface area contributed by atoms with Crippen molar-refractivity contribution in [3.63, 3.8) is 0 Å². The molecule has 0 unspecified atom stereocenters. The lowest BCUT2D eigenvalue weighted by molar-refractivity contribution is -0.0448. The zero-order valence-corrected chi connectivity index (χ0v) is 9.59. The van der Waals surface area contributed by atoms with Crippen molar-refractivity contribution in [3.8, 4) is 0 Å². The van der Waals surface area contributed by atoms with Gasteiger partial charge in [-0.1, -0.05) is 13.8 Å². The Morgan fingerprint density at radius 2 is 1.93 bits per heavy atom. The lowest BCUT2D eigenvalue weighted by Gasteiger charge is -2.39. The van der Waals surface area contributed by atoms with Crippen molar-refractivity contribution in [2.75, 3.05) is 26.2 Å². The SMILES string of the molecule is CC(C)CN1CCC2(CCCO2)CC1. The summed E-state index contributed by atoms with van der Waals surface area (Å²) in [5.41, 5.74) is 0.299. The maximum Gasteiger partial charge on any atom is 0.0707 e. The molecule has 0 bridgehead atoms. The molecule has 2 aliphatic rings. The van der Waals surface area contributed by atoms with Crippen LogP contribution >= 0.6 is 0 Å². The second kappa shape index (κ2) is 4.19. The number of likely N-dealkylation sites (tertiary alicyclic amines) is 1. The highest BCUT2D eigenvalue weighted by atomic mass is 16.5. The van der Waals surface area contributed by atoms with Crippen molar-refractivity contribution < 1.29 is 4.74 Å². The Kier molecular flexibility index (Phi) is 3.13. The normalized spacial score (nSPS) is 27.6. The van der Waals surface area contributed by atoms with E-state index in [1.807, 2.05) is 0 Å². The van der Waals surface area contributed by atoms with E-state index in [9.17, 15) is 0 Å². The average molecular weight is 197 g/mol. The van der Waals surface area contributed by atoms with Gasteiger partial charge in [-0.05, 0) is 31.6 Å². The summed E-state index contributed by atoms with van der Waals surface area (Å²) in [6.45, 7) is 9.36. The van der Waals surface area contributed by atoms with Crippen LogP contribution < -0.4 is 0 Å². The van der Waals surface area contributed by atoms with E-state index in [4.69, 9.17) is 4.74 Å². The van der Waals surface area contributed by atoms with E-state index < -0.39 is 0 Å². The monoisotopic (exact) mass is 197 g/mol. The van der Waals surface area contributed by atoms with Gasteiger partial charge < -0.3 is 9.64 Å². The van der Waals surface area contributed by atoms with Crippen LogP contribution in [0.25, 0.3) is 0 Å². The van der Waals surface area contributed by atoms with Crippen LogP contribution in [0, 0.1) is 5.92 Å². The number of ether oxygens (including phenoxy) is 1. The summed E-state index contributed by atoms with van der Waals surface area (Å²) in [4.78, 5) is 2.59. The third kappa shape index (κ3) is 2.29. The lowest BCUT2D eigenvalue weighted by Crippen LogP contribution is -2.45. The molecule has 2 rings (SSSR count). The first-order valence-corrected chi connectivity index (χ1v) is 6.07. The largest absolute Gasteiger partial charge is 0.375 e. The summed E-state index contributed by atoms with van der Waals surface area (Å²) in [5.74, 6) is 0.800. The fraction of sp³-hybridized carbons (Fsp3) is 1.00. The van der Waals surface area contributed by atoms with Crippen molar-refractivity contribution in [2.24, 2.45) is 5.92 Å². The molecular formula is C12H23NO. The van der Waals surface area contributed by atoms with E-state index in [0.717, 1.165) is 12.5 Å². The molecule has 0 aromatic heterocycles. The molecule has 2 heterocycles. The molecule has 0 amide bonds. The second-order valence-corrected chi connectivity index (χ2v) is 5.33. The summed E-state index contributed by atoms with van der Waals surface area (Å²) < 4.78 is 5.91. The Labute approximate surface area is 87.6 Å². The van der Waals surface area contributed by atoms with Gasteiger partial charge in [0.25, 0.3) is 0 Å². The van der Waals surface area contributed by atoms with Crippen LogP contribution in [0.1, 0.15) is 39.5 Å². The summed E-state index contributed by atoms with van der Waals surface area (Å²) in [5, 5.41) is 0. The number of piperidine rings is 1. The van der Waals surface area contributed by atoms with E-state index >= 15 is 0 Å². The summed E-state index contributed by atoms with van der Waals surface area (Å²) in [6, 6.07) is 0. The molecule has 0 N–H and O–H groups in total. The minimum absolute atomic E-state index is 0.299. The highest BCUT2D eigenvalue weighted by Crippen LogP contribution is 2.35. The maximum absolute atomic E-state index is 5.91. The van der Waals surface area contributed by atoms with Gasteiger partial charge in [-0.2, -0.15) is 0 Å². The summed E-state index contributed by atoms with van der Waals surface area (Å²) in [6.07, 6.45) is 5.12. The van der Waals surface area contributed by atoms with Gasteiger partial charge in [0.05, 0.1) is 5.60 Å². The standard InChI is InChI=1S/C12H23NO/c1-11(2)10-13-7-5-12(6-8-13)4-3-9-14-12/h11H,3-10H2,1-2H3. The highest BCUT2D eigenvalue weighted by molar-refractivity contribution is 4.90. The molecule has 2 heteroatoms. The van der Waals surface area contributed by atoms with Gasteiger partial charge in [-0.3, -0.25) is 0 Å². The minimum Gasteiger partial charge on any atom is -0.375 e. The maximum atomic E-state index is 5.91. The quantitative estimate of drug-likeness (QED) is 0.673. The van der Waals surface area contributed by atoms with Gasteiger partial charge in [0, 0.05) is 26.2 Å². The van der Waals surface area contributed by atoms with Crippen molar-refractivity contribution in [1.29, 1.82) is 0 Å². The number of nitrogens with zero attached hydrogens (tertiary/aromatic N) is 1. The molecule has 0 aromatic rings. The molecule has 2 aliphatic heterocycles. The van der Waals surface area contributed by atoms with Crippen LogP contribution in [-0.4, -0.2) is 36.7 Å². The number of hydrogen-bond acceptors (Lipinski definition) is 2. The topological polar surface area (TPSA) is 12.5 Å².